The fourth-order valence-electron chi connectivity index (χ4n) is 2.73. The fourth-order valence-corrected chi connectivity index (χ4v) is 4.38. The van der Waals surface area contributed by atoms with Crippen LogP contribution in [-0.2, 0) is 19.4 Å². The summed E-state index contributed by atoms with van der Waals surface area (Å²) in [6.45, 7) is 1.17. The second-order valence-corrected chi connectivity index (χ2v) is 6.94. The maximum Gasteiger partial charge on any atom is 0.262 e. The molecule has 2 aliphatic rings. The van der Waals surface area contributed by atoms with Crippen LogP contribution < -0.4 is 11.1 Å². The molecular formula is C14H16N2O4S. The molecule has 7 heteroatoms. The summed E-state index contributed by atoms with van der Waals surface area (Å²) in [6.07, 6.45) is 1.94. The predicted octanol–water partition coefficient (Wildman–Crippen LogP) is 0.396. The second kappa shape index (κ2) is 5.16. The van der Waals surface area contributed by atoms with E-state index in [1.54, 1.807) is 18.2 Å². The third-order valence-corrected chi connectivity index (χ3v) is 5.57. The minimum Gasteiger partial charge on any atom is -0.381 e. The van der Waals surface area contributed by atoms with E-state index in [-0.39, 0.29) is 21.6 Å². The Morgan fingerprint density at radius 2 is 2.14 bits per heavy atom. The maximum absolute atomic E-state index is 12.4. The van der Waals surface area contributed by atoms with Gasteiger partial charge in [0, 0.05) is 18.7 Å². The quantitative estimate of drug-likeness (QED) is 0.839. The molecule has 1 amide bonds. The lowest BCUT2D eigenvalue weighted by molar-refractivity contribution is -0.113. The van der Waals surface area contributed by atoms with E-state index < -0.39 is 15.7 Å². The lowest BCUT2D eigenvalue weighted by atomic mass is 10.1. The van der Waals surface area contributed by atoms with Gasteiger partial charge in [0.2, 0.25) is 9.84 Å². The van der Waals surface area contributed by atoms with Gasteiger partial charge < -0.3 is 15.8 Å². The first kappa shape index (κ1) is 14.1. The van der Waals surface area contributed by atoms with Gasteiger partial charge in [-0.2, -0.15) is 0 Å². The molecule has 0 aliphatic carbocycles. The molecule has 1 fully saturated rings. The van der Waals surface area contributed by atoms with Gasteiger partial charge >= 0.3 is 0 Å². The van der Waals surface area contributed by atoms with Gasteiger partial charge in [0.15, 0.2) is 4.91 Å². The molecule has 0 spiro atoms. The van der Waals surface area contributed by atoms with Crippen LogP contribution >= 0.6 is 0 Å². The van der Waals surface area contributed by atoms with Gasteiger partial charge in [-0.3, -0.25) is 4.79 Å². The second-order valence-electron chi connectivity index (χ2n) is 5.08. The number of hydrogen-bond acceptors (Lipinski definition) is 5. The average molecular weight is 308 g/mol. The molecule has 2 heterocycles. The number of benzene rings is 1. The van der Waals surface area contributed by atoms with Crippen LogP contribution in [0.15, 0.2) is 34.1 Å². The summed E-state index contributed by atoms with van der Waals surface area (Å²) in [5.74, 6) is -0.943. The standard InChI is InChI=1S/C14H16N2O4S/c15-14(17)13-12(16-8-9-4-3-7-20-9)10-5-1-2-6-11(10)21(13,18)19/h1-2,5-6,9,16H,3-4,7-8H2,(H2,15,17). The van der Waals surface area contributed by atoms with E-state index in [0.717, 1.165) is 12.8 Å². The van der Waals surface area contributed by atoms with Gasteiger partial charge in [-0.15, -0.1) is 0 Å². The predicted molar refractivity (Wildman–Crippen MR) is 76.7 cm³/mol. The molecule has 112 valence electrons. The van der Waals surface area contributed by atoms with E-state index in [9.17, 15) is 13.2 Å². The molecule has 1 aromatic rings. The number of nitrogens with two attached hydrogens (primary N) is 1. The molecule has 1 saturated heterocycles. The number of sulfone groups is 1. The molecule has 0 aromatic heterocycles. The first-order valence-electron chi connectivity index (χ1n) is 6.76. The van der Waals surface area contributed by atoms with E-state index in [2.05, 4.69) is 5.32 Å². The lowest BCUT2D eigenvalue weighted by Gasteiger charge is -2.13. The minimum absolute atomic E-state index is 0.0297. The summed E-state index contributed by atoms with van der Waals surface area (Å²) in [5.41, 5.74) is 6.06. The summed E-state index contributed by atoms with van der Waals surface area (Å²) in [4.78, 5) is 11.4. The summed E-state index contributed by atoms with van der Waals surface area (Å²) in [5, 5.41) is 3.04. The van der Waals surface area contributed by atoms with E-state index in [1.165, 1.54) is 6.07 Å². The van der Waals surface area contributed by atoms with Crippen molar-refractivity contribution in [2.24, 2.45) is 5.73 Å². The van der Waals surface area contributed by atoms with Gasteiger partial charge in [0.25, 0.3) is 5.91 Å². The molecule has 1 aromatic carbocycles. The van der Waals surface area contributed by atoms with Gasteiger partial charge in [0.05, 0.1) is 16.7 Å². The zero-order chi connectivity index (χ0) is 15.0. The molecule has 6 nitrogen and oxygen atoms in total. The highest BCUT2D eigenvalue weighted by Crippen LogP contribution is 2.37. The summed E-state index contributed by atoms with van der Waals surface area (Å²) in [7, 11) is -3.84. The molecule has 1 unspecified atom stereocenters. The molecule has 21 heavy (non-hydrogen) atoms. The first-order chi connectivity index (χ1) is 10.0. The van der Waals surface area contributed by atoms with E-state index in [1.807, 2.05) is 0 Å². The number of carbonyl (C=O) groups excluding carboxylic acids is 1. The zero-order valence-corrected chi connectivity index (χ0v) is 12.2. The van der Waals surface area contributed by atoms with Crippen molar-refractivity contribution in [2.75, 3.05) is 13.2 Å². The monoisotopic (exact) mass is 308 g/mol. The fraction of sp³-hybridized carbons (Fsp3) is 0.357. The molecule has 0 saturated carbocycles. The van der Waals surface area contributed by atoms with Gasteiger partial charge in [-0.25, -0.2) is 8.42 Å². The Morgan fingerprint density at radius 1 is 1.38 bits per heavy atom. The number of primary amides is 1. The lowest BCUT2D eigenvalue weighted by Crippen LogP contribution is -2.28. The Hall–Kier alpha value is -1.86. The number of carbonyl (C=O) groups is 1. The SMILES string of the molecule is NC(=O)C1=C(NCC2CCCO2)c2ccccc2S1(=O)=O. The van der Waals surface area contributed by atoms with Crippen LogP contribution in [0.25, 0.3) is 5.70 Å². The highest BCUT2D eigenvalue weighted by Gasteiger charge is 2.38. The van der Waals surface area contributed by atoms with Crippen molar-refractivity contribution in [1.82, 2.24) is 5.32 Å². The topological polar surface area (TPSA) is 98.5 Å². The summed E-state index contributed by atoms with van der Waals surface area (Å²) in [6, 6.07) is 6.50. The highest BCUT2D eigenvalue weighted by atomic mass is 32.2. The van der Waals surface area contributed by atoms with Crippen LogP contribution in [0.4, 0.5) is 0 Å². The number of rotatable bonds is 4. The van der Waals surface area contributed by atoms with Gasteiger partial charge in [0.1, 0.15) is 0 Å². The third-order valence-electron chi connectivity index (χ3n) is 3.70. The van der Waals surface area contributed by atoms with Crippen LogP contribution in [0.5, 0.6) is 0 Å². The number of amides is 1. The molecule has 3 N–H and O–H groups in total. The summed E-state index contributed by atoms with van der Waals surface area (Å²) < 4.78 is 30.3. The molecule has 2 aliphatic heterocycles. The van der Waals surface area contributed by atoms with Crippen LogP contribution in [0.2, 0.25) is 0 Å². The smallest absolute Gasteiger partial charge is 0.262 e. The van der Waals surface area contributed by atoms with Crippen molar-refractivity contribution in [2.45, 2.75) is 23.8 Å². The Bertz CT molecular complexity index is 718. The largest absolute Gasteiger partial charge is 0.381 e. The van der Waals surface area contributed by atoms with Crippen LogP contribution in [0.1, 0.15) is 18.4 Å². The van der Waals surface area contributed by atoms with Gasteiger partial charge in [-0.1, -0.05) is 18.2 Å². The van der Waals surface area contributed by atoms with Crippen molar-refractivity contribution in [3.63, 3.8) is 0 Å². The number of fused-ring (bicyclic) bond motifs is 1. The van der Waals surface area contributed by atoms with Crippen molar-refractivity contribution < 1.29 is 17.9 Å². The highest BCUT2D eigenvalue weighted by molar-refractivity contribution is 7.97. The minimum atomic E-state index is -3.84. The molecule has 3 rings (SSSR count). The van der Waals surface area contributed by atoms with Crippen molar-refractivity contribution in [1.29, 1.82) is 0 Å². The first-order valence-corrected chi connectivity index (χ1v) is 8.24. The van der Waals surface area contributed by atoms with Crippen molar-refractivity contribution >= 4 is 21.4 Å². The van der Waals surface area contributed by atoms with Crippen LogP contribution in [0, 0.1) is 0 Å². The Morgan fingerprint density at radius 3 is 2.81 bits per heavy atom. The molecule has 0 radical (unpaired) electrons. The van der Waals surface area contributed by atoms with Crippen LogP contribution in [0.3, 0.4) is 0 Å². The van der Waals surface area contributed by atoms with Crippen molar-refractivity contribution in [3.8, 4) is 0 Å². The molecule has 1 atom stereocenters. The Kier molecular flexibility index (Phi) is 3.46. The van der Waals surface area contributed by atoms with E-state index in [0.29, 0.717) is 18.7 Å². The Labute approximate surface area is 122 Å². The molecular weight excluding hydrogens is 292 g/mol. The maximum atomic E-state index is 12.4. The number of nitrogens with one attached hydrogen (secondary N) is 1. The average Bonchev–Trinajstić information content (AvgIpc) is 3.02. The number of ether oxygens (including phenoxy) is 1. The van der Waals surface area contributed by atoms with Crippen molar-refractivity contribution in [3.05, 3.63) is 34.7 Å². The Balaban J connectivity index is 2.00. The normalized spacial score (nSPS) is 23.1. The van der Waals surface area contributed by atoms with E-state index >= 15 is 0 Å². The number of hydrogen-bond donors (Lipinski definition) is 2. The van der Waals surface area contributed by atoms with Gasteiger partial charge in [-0.05, 0) is 18.9 Å². The zero-order valence-electron chi connectivity index (χ0n) is 11.3. The summed E-state index contributed by atoms with van der Waals surface area (Å²) >= 11 is 0. The molecule has 0 bridgehead atoms. The van der Waals surface area contributed by atoms with Crippen LogP contribution in [-0.4, -0.2) is 33.6 Å². The van der Waals surface area contributed by atoms with E-state index in [4.69, 9.17) is 10.5 Å². The third kappa shape index (κ3) is 2.32.